The predicted octanol–water partition coefficient (Wildman–Crippen LogP) is 1.12. The minimum Gasteiger partial charge on any atom is -0.508 e. The lowest BCUT2D eigenvalue weighted by molar-refractivity contribution is -0.153. The summed E-state index contributed by atoms with van der Waals surface area (Å²) >= 11 is 0. The average molecular weight is 550 g/mol. The fourth-order valence-electron chi connectivity index (χ4n) is 6.10. The molecular weight excluding hydrogens is 518 g/mol. The molecular formula is C29H31N3O8. The Balaban J connectivity index is 1.87. The van der Waals surface area contributed by atoms with Gasteiger partial charge in [0.15, 0.2) is 17.2 Å². The number of phenolic OH excluding ortho intramolecular Hbond substituents is 1. The van der Waals surface area contributed by atoms with Crippen molar-refractivity contribution in [3.63, 3.8) is 0 Å². The van der Waals surface area contributed by atoms with Crippen LogP contribution in [-0.2, 0) is 20.8 Å². The van der Waals surface area contributed by atoms with Crippen molar-refractivity contribution in [3.05, 3.63) is 82.3 Å². The molecule has 0 aliphatic heterocycles. The molecule has 3 aliphatic rings. The van der Waals surface area contributed by atoms with E-state index in [1.165, 1.54) is 31.1 Å². The van der Waals surface area contributed by atoms with Crippen LogP contribution in [0.3, 0.4) is 0 Å². The highest BCUT2D eigenvalue weighted by molar-refractivity contribution is 6.24. The second-order valence-electron chi connectivity index (χ2n) is 10.4. The number of benzene rings is 1. The number of hydrogen-bond donors (Lipinski definition) is 6. The highest BCUT2D eigenvalue weighted by atomic mass is 16.3. The standard InChI is InChI=1S/C29H31N3O8/c1-4-5-6-7-14(30)12-19(34)15-8-9-18(33)21-16(15)10-13-11-17-23(32(2)3)25(36)22(28(31)39)27(38)29(17,40)26(37)20(13)24(21)35/h4-9,13,17,23,33,35,38,40H,1,10-12,30H2,2-3H3,(H2,31,39)/b6-5-,14-7-/t13-,17-,23-,29-/m0/s1. The van der Waals surface area contributed by atoms with Crippen LogP contribution in [0.4, 0.5) is 0 Å². The fourth-order valence-corrected chi connectivity index (χ4v) is 6.10. The van der Waals surface area contributed by atoms with Crippen LogP contribution < -0.4 is 11.5 Å². The Morgan fingerprint density at radius 3 is 2.42 bits per heavy atom. The zero-order valence-corrected chi connectivity index (χ0v) is 22.0. The van der Waals surface area contributed by atoms with Crippen LogP contribution in [0.2, 0.25) is 0 Å². The molecule has 11 nitrogen and oxygen atoms in total. The van der Waals surface area contributed by atoms with Crippen LogP contribution in [-0.4, -0.2) is 74.3 Å². The van der Waals surface area contributed by atoms with Crippen molar-refractivity contribution in [3.8, 4) is 5.75 Å². The van der Waals surface area contributed by atoms with Gasteiger partial charge in [-0.1, -0.05) is 24.8 Å². The van der Waals surface area contributed by atoms with Crippen molar-refractivity contribution in [2.24, 2.45) is 23.3 Å². The second-order valence-corrected chi connectivity index (χ2v) is 10.4. The van der Waals surface area contributed by atoms with Gasteiger partial charge in [0.2, 0.25) is 5.78 Å². The Hall–Kier alpha value is -4.48. The third kappa shape index (κ3) is 4.23. The Morgan fingerprint density at radius 2 is 1.82 bits per heavy atom. The lowest BCUT2D eigenvalue weighted by atomic mass is 9.57. The SMILES string of the molecule is C=C/C=C\C=C(/N)CC(=O)c1ccc(O)c2c1C[C@H]1C[C@H]3[C@H](N(C)C)C(=O)C(C(N)=O)=C(O)[C@@]3(O)C(=O)C1=C2O. The van der Waals surface area contributed by atoms with Crippen LogP contribution in [0.15, 0.2) is 65.6 Å². The molecule has 1 amide bonds. The van der Waals surface area contributed by atoms with Crippen molar-refractivity contribution in [1.29, 1.82) is 0 Å². The third-order valence-electron chi connectivity index (χ3n) is 7.83. The van der Waals surface area contributed by atoms with Crippen molar-refractivity contribution in [2.45, 2.75) is 30.9 Å². The molecule has 0 bridgehead atoms. The second kappa shape index (κ2) is 10.2. The van der Waals surface area contributed by atoms with Crippen LogP contribution in [0.25, 0.3) is 5.76 Å². The van der Waals surface area contributed by atoms with Gasteiger partial charge in [-0.15, -0.1) is 0 Å². The summed E-state index contributed by atoms with van der Waals surface area (Å²) in [6.07, 6.45) is 6.12. The molecule has 0 aromatic heterocycles. The largest absolute Gasteiger partial charge is 0.508 e. The van der Waals surface area contributed by atoms with E-state index in [1.54, 1.807) is 24.3 Å². The first-order chi connectivity index (χ1) is 18.8. The van der Waals surface area contributed by atoms with Gasteiger partial charge in [0, 0.05) is 22.8 Å². The van der Waals surface area contributed by atoms with Gasteiger partial charge in [0.1, 0.15) is 22.8 Å². The molecule has 0 radical (unpaired) electrons. The molecule has 1 aromatic carbocycles. The van der Waals surface area contributed by atoms with E-state index in [0.717, 1.165) is 0 Å². The molecule has 0 spiro atoms. The molecule has 0 unspecified atom stereocenters. The molecule has 40 heavy (non-hydrogen) atoms. The van der Waals surface area contributed by atoms with E-state index < -0.39 is 69.6 Å². The van der Waals surface area contributed by atoms with E-state index >= 15 is 0 Å². The number of allylic oxidation sites excluding steroid dienone is 5. The number of phenols is 1. The van der Waals surface area contributed by atoms with E-state index in [9.17, 15) is 39.6 Å². The summed E-state index contributed by atoms with van der Waals surface area (Å²) in [4.78, 5) is 53.8. The van der Waals surface area contributed by atoms with Crippen LogP contribution in [0.5, 0.6) is 5.75 Å². The monoisotopic (exact) mass is 549 g/mol. The molecule has 1 aromatic rings. The number of Topliss-reactive ketones (excluding diaryl/α,β-unsaturated/α-hetero) is 3. The van der Waals surface area contributed by atoms with E-state index in [0.29, 0.717) is 0 Å². The number of amides is 1. The first-order valence-corrected chi connectivity index (χ1v) is 12.5. The summed E-state index contributed by atoms with van der Waals surface area (Å²) in [5, 5.41) is 44.5. The molecule has 8 N–H and O–H groups in total. The van der Waals surface area contributed by atoms with E-state index in [-0.39, 0.29) is 47.2 Å². The highest BCUT2D eigenvalue weighted by Crippen LogP contribution is 2.53. The molecule has 3 aliphatic carbocycles. The number of rotatable bonds is 7. The van der Waals surface area contributed by atoms with Crippen molar-refractivity contribution in [1.82, 2.24) is 4.90 Å². The minimum atomic E-state index is -2.73. The summed E-state index contributed by atoms with van der Waals surface area (Å²) < 4.78 is 0. The number of primary amides is 1. The number of hydrogen-bond acceptors (Lipinski definition) is 10. The maximum absolute atomic E-state index is 13.9. The maximum Gasteiger partial charge on any atom is 0.255 e. The molecule has 4 atom stereocenters. The average Bonchev–Trinajstić information content (AvgIpc) is 2.86. The summed E-state index contributed by atoms with van der Waals surface area (Å²) in [6.45, 7) is 3.56. The molecule has 0 saturated heterocycles. The van der Waals surface area contributed by atoms with E-state index in [4.69, 9.17) is 11.5 Å². The normalized spacial score (nSPS) is 26.6. The smallest absolute Gasteiger partial charge is 0.255 e. The van der Waals surface area contributed by atoms with Crippen molar-refractivity contribution >= 4 is 29.0 Å². The maximum atomic E-state index is 13.9. The van der Waals surface area contributed by atoms with Gasteiger partial charge in [-0.05, 0) is 56.6 Å². The van der Waals surface area contributed by atoms with E-state index in [2.05, 4.69) is 6.58 Å². The van der Waals surface area contributed by atoms with E-state index in [1.807, 2.05) is 0 Å². The van der Waals surface area contributed by atoms with Crippen LogP contribution in [0.1, 0.15) is 34.3 Å². The van der Waals surface area contributed by atoms with Crippen molar-refractivity contribution < 1.29 is 39.6 Å². The number of carbonyl (C=O) groups excluding carboxylic acids is 4. The van der Waals surface area contributed by atoms with Gasteiger partial charge >= 0.3 is 0 Å². The first-order valence-electron chi connectivity index (χ1n) is 12.5. The third-order valence-corrected chi connectivity index (χ3v) is 7.83. The van der Waals surface area contributed by atoms with Gasteiger partial charge in [-0.2, -0.15) is 0 Å². The Morgan fingerprint density at radius 1 is 1.15 bits per heavy atom. The molecule has 4 rings (SSSR count). The summed E-state index contributed by atoms with van der Waals surface area (Å²) in [6, 6.07) is 1.41. The lowest BCUT2D eigenvalue weighted by Gasteiger charge is -2.50. The zero-order chi connectivity index (χ0) is 29.7. The van der Waals surface area contributed by atoms with Gasteiger partial charge in [0.05, 0.1) is 18.0 Å². The number of ketones is 3. The molecule has 210 valence electrons. The summed E-state index contributed by atoms with van der Waals surface area (Å²) in [7, 11) is 3.04. The quantitative estimate of drug-likeness (QED) is 0.162. The number of aliphatic hydroxyl groups is 3. The number of carbonyl (C=O) groups is 4. The van der Waals surface area contributed by atoms with Crippen molar-refractivity contribution in [2.75, 3.05) is 14.1 Å². The topological polar surface area (TPSA) is 204 Å². The summed E-state index contributed by atoms with van der Waals surface area (Å²) in [5.41, 5.74) is 7.97. The van der Waals surface area contributed by atoms with Gasteiger partial charge < -0.3 is 31.9 Å². The Kier molecular flexibility index (Phi) is 7.31. The van der Waals surface area contributed by atoms with Crippen LogP contribution >= 0.6 is 0 Å². The van der Waals surface area contributed by atoms with Crippen LogP contribution in [0, 0.1) is 11.8 Å². The Bertz CT molecular complexity index is 1480. The minimum absolute atomic E-state index is 0.00397. The molecule has 11 heteroatoms. The number of likely N-dealkylation sites (N-methyl/N-ethyl adjacent to an activating group) is 1. The number of aliphatic hydroxyl groups excluding tert-OH is 2. The molecule has 1 saturated carbocycles. The van der Waals surface area contributed by atoms with Gasteiger partial charge in [0.25, 0.3) is 5.91 Å². The number of nitrogens with two attached hydrogens (primary N) is 2. The zero-order valence-electron chi connectivity index (χ0n) is 22.0. The lowest BCUT2D eigenvalue weighted by Crippen LogP contribution is -2.65. The first kappa shape index (κ1) is 28.5. The number of aromatic hydroxyl groups is 1. The highest BCUT2D eigenvalue weighted by Gasteiger charge is 2.64. The number of fused-ring (bicyclic) bond motifs is 3. The fraction of sp³-hybridized carbons (Fsp3) is 0.310. The van der Waals surface area contributed by atoms with Gasteiger partial charge in [-0.25, -0.2) is 0 Å². The number of nitrogens with zero attached hydrogens (tertiary/aromatic N) is 1. The Labute approximate surface area is 230 Å². The summed E-state index contributed by atoms with van der Waals surface area (Å²) in [5.74, 6) is -7.90. The van der Waals surface area contributed by atoms with Gasteiger partial charge in [-0.3, -0.25) is 24.1 Å². The molecule has 0 heterocycles. The predicted molar refractivity (Wildman–Crippen MR) is 145 cm³/mol. The molecule has 1 fully saturated rings.